The third kappa shape index (κ3) is 2.78. The van der Waals surface area contributed by atoms with Crippen LogP contribution in [-0.4, -0.2) is 49.9 Å². The van der Waals surface area contributed by atoms with Crippen molar-refractivity contribution in [3.8, 4) is 0 Å². The molecule has 142 valence electrons. The second-order valence-electron chi connectivity index (χ2n) is 7.29. The first-order chi connectivity index (χ1) is 12.6. The Kier molecular flexibility index (Phi) is 4.51. The summed E-state index contributed by atoms with van der Waals surface area (Å²) in [7, 11) is 6.84. The molecule has 27 heavy (non-hydrogen) atoms. The van der Waals surface area contributed by atoms with Crippen LogP contribution >= 0.6 is 0 Å². The normalized spacial score (nSPS) is 15.1. The number of Topliss-reactive ketones (excluding diaryl/α,β-unsaturated/α-hetero) is 1. The zero-order valence-electron chi connectivity index (χ0n) is 16.4. The van der Waals surface area contributed by atoms with Crippen LogP contribution in [0.4, 0.5) is 10.1 Å². The molecule has 0 atom stereocenters. The number of carbonyl (C=O) groups is 2. The minimum absolute atomic E-state index is 0.187. The van der Waals surface area contributed by atoms with Crippen LogP contribution in [-0.2, 0) is 16.0 Å². The first kappa shape index (κ1) is 19.0. The maximum absolute atomic E-state index is 14.0. The van der Waals surface area contributed by atoms with Crippen molar-refractivity contribution in [1.29, 1.82) is 0 Å². The van der Waals surface area contributed by atoms with E-state index < -0.39 is 17.5 Å². The Morgan fingerprint density at radius 2 is 1.93 bits per heavy atom. The van der Waals surface area contributed by atoms with Gasteiger partial charge >= 0.3 is 0 Å². The fraction of sp³-hybridized carbons (Fsp3) is 0.350. The number of carbonyl (C=O) groups excluding carboxylic acids is 2. The molecule has 1 aliphatic rings. The summed E-state index contributed by atoms with van der Waals surface area (Å²) in [6.07, 6.45) is 0.577. The number of nitrogens with zero attached hydrogens (tertiary/aromatic N) is 3. The largest absolute Gasteiger partial charge is 0.360 e. The molecule has 6 nitrogen and oxygen atoms in total. The zero-order valence-corrected chi connectivity index (χ0v) is 16.4. The molecule has 7 heteroatoms. The van der Waals surface area contributed by atoms with E-state index in [1.807, 2.05) is 21.0 Å². The number of fused-ring (bicyclic) bond motifs is 1. The lowest BCUT2D eigenvalue weighted by Crippen LogP contribution is -2.37. The second kappa shape index (κ2) is 6.42. The van der Waals surface area contributed by atoms with E-state index in [2.05, 4.69) is 5.16 Å². The summed E-state index contributed by atoms with van der Waals surface area (Å²) in [6.45, 7) is 3.72. The third-order valence-electron chi connectivity index (χ3n) is 4.94. The fourth-order valence-electron chi connectivity index (χ4n) is 3.63. The predicted molar refractivity (Wildman–Crippen MR) is 101 cm³/mol. The van der Waals surface area contributed by atoms with Gasteiger partial charge in [0.2, 0.25) is 0 Å². The highest BCUT2D eigenvalue weighted by Crippen LogP contribution is 2.49. The van der Waals surface area contributed by atoms with E-state index in [9.17, 15) is 14.0 Å². The van der Waals surface area contributed by atoms with Crippen LogP contribution in [0.2, 0.25) is 0 Å². The van der Waals surface area contributed by atoms with E-state index in [-0.39, 0.29) is 10.1 Å². The van der Waals surface area contributed by atoms with E-state index in [4.69, 9.17) is 4.52 Å². The highest BCUT2D eigenvalue weighted by Gasteiger charge is 2.47. The Balaban J connectivity index is 2.41. The van der Waals surface area contributed by atoms with Crippen LogP contribution in [0.1, 0.15) is 29.5 Å². The molecule has 0 saturated carbocycles. The Hall–Kier alpha value is -2.80. The molecule has 1 amide bonds. The predicted octanol–water partition coefficient (Wildman–Crippen LogP) is 2.79. The van der Waals surface area contributed by atoms with Crippen molar-refractivity contribution in [2.24, 2.45) is 0 Å². The number of halogens is 1. The number of rotatable bonds is 4. The number of aryl methyl sites for hydroxylation is 2. The van der Waals surface area contributed by atoms with E-state index in [0.717, 1.165) is 5.69 Å². The van der Waals surface area contributed by atoms with Gasteiger partial charge in [-0.05, 0) is 19.1 Å². The average Bonchev–Trinajstić information content (AvgIpc) is 3.07. The van der Waals surface area contributed by atoms with E-state index >= 15 is 0 Å². The van der Waals surface area contributed by atoms with Gasteiger partial charge in [0.25, 0.3) is 11.7 Å². The number of amides is 1. The number of benzene rings is 1. The molecular weight excluding hydrogens is 349 g/mol. The Morgan fingerprint density at radius 1 is 1.26 bits per heavy atom. The van der Waals surface area contributed by atoms with Crippen molar-refractivity contribution < 1.29 is 18.5 Å². The van der Waals surface area contributed by atoms with Gasteiger partial charge in [0.15, 0.2) is 5.70 Å². The molecule has 0 radical (unpaired) electrons. The maximum Gasteiger partial charge on any atom is 0.294 e. The van der Waals surface area contributed by atoms with Crippen LogP contribution in [0.3, 0.4) is 0 Å². The fourth-order valence-corrected chi connectivity index (χ4v) is 3.63. The van der Waals surface area contributed by atoms with Gasteiger partial charge < -0.3 is 9.42 Å². The van der Waals surface area contributed by atoms with Gasteiger partial charge in [-0.3, -0.25) is 14.1 Å². The molecule has 0 unspecified atom stereocenters. The van der Waals surface area contributed by atoms with Crippen molar-refractivity contribution in [1.82, 2.24) is 14.5 Å². The zero-order chi connectivity index (χ0) is 20.1. The standard InChI is InChI=1S/C20H23FN3O3/c1-7-15-16(11(2)22-27-15)18-17(19(25)20(26)23(3)4)13-10-12(21)8-9-14(13)24(18,5)6/h8-10H,7H2,1-6H3/q+1. The average molecular weight is 372 g/mol. The van der Waals surface area contributed by atoms with Crippen molar-refractivity contribution in [2.75, 3.05) is 28.2 Å². The topological polar surface area (TPSA) is 63.4 Å². The Bertz CT molecular complexity index is 986. The maximum atomic E-state index is 14.0. The molecule has 2 heterocycles. The quantitative estimate of drug-likeness (QED) is 0.612. The molecule has 0 bridgehead atoms. The number of hydrogen-bond donors (Lipinski definition) is 0. The molecular formula is C20H23FN3O3+. The molecule has 0 aliphatic carbocycles. The van der Waals surface area contributed by atoms with E-state index in [0.29, 0.717) is 34.7 Å². The molecule has 2 aromatic rings. The summed E-state index contributed by atoms with van der Waals surface area (Å²) in [4.78, 5) is 26.9. The molecule has 1 aliphatic heterocycles. The molecule has 3 rings (SSSR count). The first-order valence-corrected chi connectivity index (χ1v) is 8.72. The minimum Gasteiger partial charge on any atom is -0.360 e. The number of quaternary nitrogens is 1. The third-order valence-corrected chi connectivity index (χ3v) is 4.94. The van der Waals surface area contributed by atoms with Gasteiger partial charge in [-0.1, -0.05) is 12.1 Å². The summed E-state index contributed by atoms with van der Waals surface area (Å²) >= 11 is 0. The summed E-state index contributed by atoms with van der Waals surface area (Å²) < 4.78 is 19.7. The Labute approximate surface area is 157 Å². The SMILES string of the molecule is CCc1onc(C)c1C1=C(C(=O)C(=O)N(C)C)c2cc(F)ccc2[N+]1(C)C. The highest BCUT2D eigenvalue weighted by molar-refractivity contribution is 6.56. The van der Waals surface area contributed by atoms with Gasteiger partial charge in [0.1, 0.15) is 28.4 Å². The van der Waals surface area contributed by atoms with Crippen LogP contribution in [0, 0.1) is 12.7 Å². The lowest BCUT2D eigenvalue weighted by molar-refractivity contribution is -0.139. The number of aromatic nitrogens is 1. The summed E-state index contributed by atoms with van der Waals surface area (Å²) in [5.41, 5.74) is 3.31. The highest BCUT2D eigenvalue weighted by atomic mass is 19.1. The summed E-state index contributed by atoms with van der Waals surface area (Å²) in [5.74, 6) is -1.17. The van der Waals surface area contributed by atoms with Gasteiger partial charge in [-0.15, -0.1) is 0 Å². The molecule has 0 fully saturated rings. The van der Waals surface area contributed by atoms with E-state index in [1.54, 1.807) is 13.0 Å². The van der Waals surface area contributed by atoms with Crippen molar-refractivity contribution in [3.05, 3.63) is 46.6 Å². The van der Waals surface area contributed by atoms with Gasteiger partial charge in [-0.2, -0.15) is 0 Å². The van der Waals surface area contributed by atoms with Crippen LogP contribution in [0.25, 0.3) is 11.3 Å². The van der Waals surface area contributed by atoms with Crippen LogP contribution in [0.5, 0.6) is 0 Å². The first-order valence-electron chi connectivity index (χ1n) is 8.72. The van der Waals surface area contributed by atoms with Crippen molar-refractivity contribution >= 4 is 28.6 Å². The van der Waals surface area contributed by atoms with Gasteiger partial charge in [0.05, 0.1) is 25.4 Å². The van der Waals surface area contributed by atoms with Crippen LogP contribution in [0.15, 0.2) is 22.7 Å². The van der Waals surface area contributed by atoms with Gasteiger partial charge in [0, 0.05) is 26.6 Å². The van der Waals surface area contributed by atoms with Gasteiger partial charge in [-0.25, -0.2) is 4.39 Å². The number of hydrogen-bond acceptors (Lipinski definition) is 4. The lowest BCUT2D eigenvalue weighted by atomic mass is 9.96. The van der Waals surface area contributed by atoms with Crippen LogP contribution < -0.4 is 4.48 Å². The Morgan fingerprint density at radius 3 is 2.52 bits per heavy atom. The van der Waals surface area contributed by atoms with Crippen molar-refractivity contribution in [3.63, 3.8) is 0 Å². The summed E-state index contributed by atoms with van der Waals surface area (Å²) in [5, 5.41) is 4.05. The minimum atomic E-state index is -0.673. The molecule has 1 aromatic carbocycles. The van der Waals surface area contributed by atoms with E-state index in [1.165, 1.54) is 31.1 Å². The number of likely N-dealkylation sites (N-methyl/N-ethyl adjacent to an activating group) is 1. The smallest absolute Gasteiger partial charge is 0.294 e. The second-order valence-corrected chi connectivity index (χ2v) is 7.29. The number of ketones is 1. The lowest BCUT2D eigenvalue weighted by Gasteiger charge is -2.27. The van der Waals surface area contributed by atoms with Crippen molar-refractivity contribution in [2.45, 2.75) is 20.3 Å². The molecule has 0 spiro atoms. The molecule has 1 aromatic heterocycles. The molecule has 0 N–H and O–H groups in total. The molecule has 0 saturated heterocycles. The summed E-state index contributed by atoms with van der Waals surface area (Å²) in [6, 6.07) is 4.32. The monoisotopic (exact) mass is 372 g/mol.